The van der Waals surface area contributed by atoms with E-state index in [0.717, 1.165) is 37.1 Å². The molecule has 0 aliphatic carbocycles. The predicted octanol–water partition coefficient (Wildman–Crippen LogP) is 1.46. The number of likely N-dealkylation sites (N-methyl/N-ethyl adjacent to an activating group) is 1. The SMILES string of the molecule is CN1CCN(C2CCN(c3ccc(Nc4nccc(C5CNCCN5C(N)=O)n4)cc3)CC2)CC1. The quantitative estimate of drug-likeness (QED) is 0.592. The van der Waals surface area contributed by atoms with Crippen LogP contribution in [0.5, 0.6) is 0 Å². The minimum Gasteiger partial charge on any atom is -0.371 e. The third-order valence-corrected chi connectivity index (χ3v) is 7.55. The van der Waals surface area contributed by atoms with Crippen molar-refractivity contribution >= 4 is 23.4 Å². The molecule has 4 N–H and O–H groups in total. The summed E-state index contributed by atoms with van der Waals surface area (Å²) >= 11 is 0. The van der Waals surface area contributed by atoms with Crippen LogP contribution >= 0.6 is 0 Å². The molecule has 35 heavy (non-hydrogen) atoms. The van der Waals surface area contributed by atoms with Crippen molar-refractivity contribution in [1.82, 2.24) is 30.0 Å². The summed E-state index contributed by atoms with van der Waals surface area (Å²) in [6.07, 6.45) is 4.17. The number of nitrogens with two attached hydrogens (primary N) is 1. The maximum absolute atomic E-state index is 11.8. The molecule has 10 nitrogen and oxygen atoms in total. The van der Waals surface area contributed by atoms with Crippen LogP contribution in [0.2, 0.25) is 0 Å². The molecule has 0 radical (unpaired) electrons. The summed E-state index contributed by atoms with van der Waals surface area (Å²) < 4.78 is 0. The van der Waals surface area contributed by atoms with E-state index >= 15 is 0 Å². The summed E-state index contributed by atoms with van der Waals surface area (Å²) in [5.74, 6) is 0.512. The van der Waals surface area contributed by atoms with Crippen molar-refractivity contribution in [1.29, 1.82) is 0 Å². The molecule has 0 saturated carbocycles. The lowest BCUT2D eigenvalue weighted by molar-refractivity contribution is 0.0982. The highest BCUT2D eigenvalue weighted by Crippen LogP contribution is 2.26. The fourth-order valence-corrected chi connectivity index (χ4v) is 5.41. The van der Waals surface area contributed by atoms with Gasteiger partial charge in [0.1, 0.15) is 0 Å². The summed E-state index contributed by atoms with van der Waals surface area (Å²) in [7, 11) is 2.22. The second kappa shape index (κ2) is 10.8. The van der Waals surface area contributed by atoms with Crippen LogP contribution in [0, 0.1) is 0 Å². The van der Waals surface area contributed by atoms with Gasteiger partial charge in [-0.15, -0.1) is 0 Å². The van der Waals surface area contributed by atoms with Gasteiger partial charge in [-0.1, -0.05) is 0 Å². The monoisotopic (exact) mass is 479 g/mol. The molecule has 3 aliphatic heterocycles. The highest BCUT2D eigenvalue weighted by Gasteiger charge is 2.28. The van der Waals surface area contributed by atoms with Crippen LogP contribution in [-0.4, -0.2) is 103 Å². The number of amides is 2. The highest BCUT2D eigenvalue weighted by molar-refractivity contribution is 5.72. The predicted molar refractivity (Wildman–Crippen MR) is 138 cm³/mol. The van der Waals surface area contributed by atoms with E-state index in [-0.39, 0.29) is 6.04 Å². The van der Waals surface area contributed by atoms with Gasteiger partial charge < -0.3 is 31.1 Å². The summed E-state index contributed by atoms with van der Waals surface area (Å²) in [4.78, 5) is 30.1. The molecular weight excluding hydrogens is 442 g/mol. The minimum absolute atomic E-state index is 0.194. The lowest BCUT2D eigenvalue weighted by Crippen LogP contribution is -2.52. The van der Waals surface area contributed by atoms with Gasteiger partial charge in [0, 0.05) is 82.5 Å². The molecule has 2 aromatic rings. The van der Waals surface area contributed by atoms with Crippen LogP contribution in [0.3, 0.4) is 0 Å². The second-order valence-corrected chi connectivity index (χ2v) is 9.79. The van der Waals surface area contributed by atoms with Gasteiger partial charge in [0.25, 0.3) is 0 Å². The number of hydrogen-bond donors (Lipinski definition) is 3. The van der Waals surface area contributed by atoms with Crippen molar-refractivity contribution in [3.63, 3.8) is 0 Å². The number of benzene rings is 1. The molecule has 0 spiro atoms. The number of aromatic nitrogens is 2. The Labute approximate surface area is 207 Å². The second-order valence-electron chi connectivity index (χ2n) is 9.79. The maximum atomic E-state index is 11.8. The number of carbonyl (C=O) groups excluding carboxylic acids is 1. The number of carbonyl (C=O) groups is 1. The molecule has 0 bridgehead atoms. The standard InChI is InChI=1S/C25H37N9O/c1-31-14-16-33(17-15-31)21-7-11-32(12-8-21)20-4-2-19(3-5-20)29-25-28-9-6-22(30-25)23-18-27-10-13-34(23)24(26)35/h2-6,9,21,23,27H,7-8,10-18H2,1H3,(H2,26,35)(H,28,29,30). The molecular formula is C25H37N9O. The number of anilines is 3. The number of primary amides is 1. The molecule has 3 saturated heterocycles. The van der Waals surface area contributed by atoms with E-state index in [1.807, 2.05) is 6.07 Å². The van der Waals surface area contributed by atoms with Crippen molar-refractivity contribution in [2.75, 3.05) is 76.2 Å². The van der Waals surface area contributed by atoms with E-state index in [0.29, 0.717) is 19.0 Å². The van der Waals surface area contributed by atoms with Gasteiger partial charge in [0.05, 0.1) is 11.7 Å². The van der Waals surface area contributed by atoms with Crippen LogP contribution in [-0.2, 0) is 0 Å². The summed E-state index contributed by atoms with van der Waals surface area (Å²) in [6, 6.07) is 10.4. The van der Waals surface area contributed by atoms with Crippen LogP contribution in [0.25, 0.3) is 0 Å². The van der Waals surface area contributed by atoms with E-state index in [1.165, 1.54) is 44.7 Å². The molecule has 1 unspecified atom stereocenters. The third-order valence-electron chi connectivity index (χ3n) is 7.55. The average Bonchev–Trinajstić information content (AvgIpc) is 2.90. The molecule has 3 aliphatic rings. The first kappa shape index (κ1) is 23.8. The van der Waals surface area contributed by atoms with Crippen molar-refractivity contribution in [2.45, 2.75) is 24.9 Å². The molecule has 1 aromatic heterocycles. The first-order valence-corrected chi connectivity index (χ1v) is 12.7. The number of nitrogens with zero attached hydrogens (tertiary/aromatic N) is 6. The van der Waals surface area contributed by atoms with Crippen molar-refractivity contribution in [3.8, 4) is 0 Å². The van der Waals surface area contributed by atoms with E-state index in [4.69, 9.17) is 5.73 Å². The van der Waals surface area contributed by atoms with Crippen LogP contribution in [0.1, 0.15) is 24.6 Å². The number of urea groups is 1. The summed E-state index contributed by atoms with van der Waals surface area (Å²) in [5, 5.41) is 6.61. The van der Waals surface area contributed by atoms with Gasteiger partial charge in [0.15, 0.2) is 0 Å². The molecule has 1 aromatic carbocycles. The highest BCUT2D eigenvalue weighted by atomic mass is 16.2. The molecule has 1 atom stereocenters. The van der Waals surface area contributed by atoms with E-state index < -0.39 is 6.03 Å². The number of piperidine rings is 1. The van der Waals surface area contributed by atoms with Gasteiger partial charge in [-0.05, 0) is 50.2 Å². The van der Waals surface area contributed by atoms with Crippen LogP contribution in [0.4, 0.5) is 22.1 Å². The van der Waals surface area contributed by atoms with Crippen LogP contribution < -0.4 is 21.3 Å². The largest absolute Gasteiger partial charge is 0.371 e. The average molecular weight is 480 g/mol. The molecule has 10 heteroatoms. The first-order chi connectivity index (χ1) is 17.1. The molecule has 5 rings (SSSR count). The topological polar surface area (TPSA) is 106 Å². The lowest BCUT2D eigenvalue weighted by Gasteiger charge is -2.42. The Hall–Kier alpha value is -2.95. The number of hydrogen-bond acceptors (Lipinski definition) is 8. The zero-order valence-corrected chi connectivity index (χ0v) is 20.6. The van der Waals surface area contributed by atoms with Crippen molar-refractivity contribution < 1.29 is 4.79 Å². The molecule has 3 fully saturated rings. The van der Waals surface area contributed by atoms with E-state index in [1.54, 1.807) is 11.1 Å². The normalized spacial score (nSPS) is 22.8. The first-order valence-electron chi connectivity index (χ1n) is 12.7. The zero-order valence-electron chi connectivity index (χ0n) is 20.6. The van der Waals surface area contributed by atoms with Crippen molar-refractivity contribution in [3.05, 3.63) is 42.2 Å². The fourth-order valence-electron chi connectivity index (χ4n) is 5.41. The van der Waals surface area contributed by atoms with Crippen LogP contribution in [0.15, 0.2) is 36.5 Å². The zero-order chi connectivity index (χ0) is 24.2. The van der Waals surface area contributed by atoms with E-state index in [2.05, 4.69) is 66.6 Å². The molecule has 188 valence electrons. The van der Waals surface area contributed by atoms with Gasteiger partial charge in [-0.25, -0.2) is 14.8 Å². The number of nitrogens with one attached hydrogen (secondary N) is 2. The third kappa shape index (κ3) is 5.66. The number of piperazine rings is 2. The Balaban J connectivity index is 1.17. The van der Waals surface area contributed by atoms with Gasteiger partial charge in [0.2, 0.25) is 5.95 Å². The van der Waals surface area contributed by atoms with Gasteiger partial charge >= 0.3 is 6.03 Å². The van der Waals surface area contributed by atoms with Crippen molar-refractivity contribution in [2.24, 2.45) is 5.73 Å². The Morgan fingerprint density at radius 1 is 1.03 bits per heavy atom. The van der Waals surface area contributed by atoms with Gasteiger partial charge in [-0.3, -0.25) is 4.90 Å². The Morgan fingerprint density at radius 2 is 1.77 bits per heavy atom. The van der Waals surface area contributed by atoms with Gasteiger partial charge in [-0.2, -0.15) is 0 Å². The lowest BCUT2D eigenvalue weighted by atomic mass is 10.0. The Kier molecular flexibility index (Phi) is 7.31. The molecule has 2 amide bonds. The summed E-state index contributed by atoms with van der Waals surface area (Å²) in [5.41, 5.74) is 8.54. The Morgan fingerprint density at radius 3 is 2.49 bits per heavy atom. The summed E-state index contributed by atoms with van der Waals surface area (Å²) in [6.45, 7) is 8.88. The smallest absolute Gasteiger partial charge is 0.315 e. The number of rotatable bonds is 5. The fraction of sp³-hybridized carbons (Fsp3) is 0.560. The minimum atomic E-state index is -0.423. The maximum Gasteiger partial charge on any atom is 0.315 e. The van der Waals surface area contributed by atoms with E-state index in [9.17, 15) is 4.79 Å². The molecule has 4 heterocycles. The Bertz CT molecular complexity index is 985.